The van der Waals surface area contributed by atoms with E-state index in [2.05, 4.69) is 10.2 Å². The number of halogens is 2. The number of esters is 1. The van der Waals surface area contributed by atoms with Gasteiger partial charge in [-0.15, -0.1) is 0 Å². The van der Waals surface area contributed by atoms with E-state index in [4.69, 9.17) is 16.3 Å². The minimum Gasteiger partial charge on any atom is -0.461 e. The Kier molecular flexibility index (Phi) is 3.62. The number of carbonyl (C=O) groups is 1. The van der Waals surface area contributed by atoms with Crippen LogP contribution < -0.4 is 0 Å². The number of hydrogen-bond acceptors (Lipinski definition) is 3. The van der Waals surface area contributed by atoms with Gasteiger partial charge in [0.2, 0.25) is 0 Å². The second-order valence-corrected chi connectivity index (χ2v) is 3.89. The van der Waals surface area contributed by atoms with Gasteiger partial charge in [0, 0.05) is 0 Å². The Morgan fingerprint density at radius 2 is 2.33 bits per heavy atom. The normalized spacial score (nSPS) is 10.4. The Balaban J connectivity index is 2.38. The molecule has 0 saturated heterocycles. The molecule has 18 heavy (non-hydrogen) atoms. The van der Waals surface area contributed by atoms with E-state index >= 15 is 0 Å². The Morgan fingerprint density at radius 3 is 3.00 bits per heavy atom. The highest BCUT2D eigenvalue weighted by atomic mass is 35.5. The number of benzene rings is 1. The highest BCUT2D eigenvalue weighted by Crippen LogP contribution is 2.29. The van der Waals surface area contributed by atoms with Gasteiger partial charge in [-0.3, -0.25) is 5.10 Å². The molecule has 2 rings (SSSR count). The molecule has 0 spiro atoms. The molecule has 1 aromatic carbocycles. The summed E-state index contributed by atoms with van der Waals surface area (Å²) in [6.07, 6.45) is 0. The zero-order chi connectivity index (χ0) is 13.1. The third kappa shape index (κ3) is 2.36. The zero-order valence-corrected chi connectivity index (χ0v) is 10.3. The van der Waals surface area contributed by atoms with Crippen LogP contribution >= 0.6 is 11.6 Å². The van der Waals surface area contributed by atoms with Gasteiger partial charge >= 0.3 is 5.97 Å². The van der Waals surface area contributed by atoms with E-state index in [-0.39, 0.29) is 22.9 Å². The van der Waals surface area contributed by atoms with E-state index in [9.17, 15) is 9.18 Å². The molecule has 1 heterocycles. The van der Waals surface area contributed by atoms with E-state index in [0.29, 0.717) is 5.69 Å². The van der Waals surface area contributed by atoms with Crippen molar-refractivity contribution in [3.63, 3.8) is 0 Å². The summed E-state index contributed by atoms with van der Waals surface area (Å²) in [5.41, 5.74) is 0.606. The molecule has 0 saturated carbocycles. The Morgan fingerprint density at radius 1 is 1.56 bits per heavy atom. The molecule has 0 atom stereocenters. The molecule has 0 amide bonds. The van der Waals surface area contributed by atoms with Crippen LogP contribution in [-0.4, -0.2) is 22.8 Å². The summed E-state index contributed by atoms with van der Waals surface area (Å²) >= 11 is 5.91. The van der Waals surface area contributed by atoms with Crippen molar-refractivity contribution in [1.29, 1.82) is 0 Å². The largest absolute Gasteiger partial charge is 0.461 e. The smallest absolute Gasteiger partial charge is 0.358 e. The molecule has 2 aromatic rings. The molecule has 0 aliphatic heterocycles. The number of nitrogens with one attached hydrogen (secondary N) is 1. The van der Waals surface area contributed by atoms with Crippen molar-refractivity contribution < 1.29 is 13.9 Å². The molecule has 0 bridgehead atoms. The van der Waals surface area contributed by atoms with Crippen molar-refractivity contribution in [2.45, 2.75) is 6.92 Å². The first-order valence-electron chi connectivity index (χ1n) is 5.30. The second-order valence-electron chi connectivity index (χ2n) is 3.48. The maximum absolute atomic E-state index is 13.6. The molecule has 0 aliphatic carbocycles. The van der Waals surface area contributed by atoms with Crippen molar-refractivity contribution in [1.82, 2.24) is 10.2 Å². The summed E-state index contributed by atoms with van der Waals surface area (Å²) in [5, 5.41) is 6.58. The van der Waals surface area contributed by atoms with Crippen molar-refractivity contribution in [3.05, 3.63) is 40.8 Å². The molecular formula is C12H10ClFN2O2. The van der Waals surface area contributed by atoms with E-state index < -0.39 is 11.8 Å². The standard InChI is InChI=1S/C12H10ClFN2O2/c1-2-18-12(17)10-6-9(15-16-10)11-7(13)4-3-5-8(11)14/h3-6H,2H2,1H3,(H,15,16). The van der Waals surface area contributed by atoms with Crippen molar-refractivity contribution in [2.75, 3.05) is 6.61 Å². The Bertz CT molecular complexity index is 563. The second kappa shape index (κ2) is 5.18. The van der Waals surface area contributed by atoms with Crippen LogP contribution in [0.1, 0.15) is 17.4 Å². The zero-order valence-electron chi connectivity index (χ0n) is 9.54. The van der Waals surface area contributed by atoms with Crippen LogP contribution in [-0.2, 0) is 4.74 Å². The highest BCUT2D eigenvalue weighted by Gasteiger charge is 2.16. The summed E-state index contributed by atoms with van der Waals surface area (Å²) in [7, 11) is 0. The van der Waals surface area contributed by atoms with Crippen LogP contribution in [0.25, 0.3) is 11.3 Å². The van der Waals surface area contributed by atoms with E-state index in [1.54, 1.807) is 13.0 Å². The van der Waals surface area contributed by atoms with Crippen molar-refractivity contribution >= 4 is 17.6 Å². The number of aromatic amines is 1. The predicted octanol–water partition coefficient (Wildman–Crippen LogP) is 3.05. The van der Waals surface area contributed by atoms with Gasteiger partial charge in [-0.1, -0.05) is 17.7 Å². The maximum atomic E-state index is 13.6. The monoisotopic (exact) mass is 268 g/mol. The summed E-state index contributed by atoms with van der Waals surface area (Å²) in [6.45, 7) is 1.95. The summed E-state index contributed by atoms with van der Waals surface area (Å²) < 4.78 is 18.4. The SMILES string of the molecule is CCOC(=O)c1cc(-c2c(F)cccc2Cl)[nH]n1. The average molecular weight is 269 g/mol. The van der Waals surface area contributed by atoms with E-state index in [0.717, 1.165) is 0 Å². The number of aromatic nitrogens is 2. The summed E-state index contributed by atoms with van der Waals surface area (Å²) in [6, 6.07) is 5.75. The third-order valence-electron chi connectivity index (χ3n) is 2.29. The summed E-state index contributed by atoms with van der Waals surface area (Å²) in [4.78, 5) is 11.4. The molecule has 0 aliphatic rings. The minimum atomic E-state index is -0.563. The number of carbonyl (C=O) groups excluding carboxylic acids is 1. The Labute approximate surface area is 108 Å². The molecule has 0 radical (unpaired) electrons. The fraction of sp³-hybridized carbons (Fsp3) is 0.167. The van der Waals surface area contributed by atoms with Gasteiger partial charge in [0.05, 0.1) is 22.9 Å². The first-order valence-corrected chi connectivity index (χ1v) is 5.68. The fourth-order valence-electron chi connectivity index (χ4n) is 1.51. The van der Waals surface area contributed by atoms with Crippen LogP contribution in [0, 0.1) is 5.82 Å². The lowest BCUT2D eigenvalue weighted by Crippen LogP contribution is -2.04. The predicted molar refractivity (Wildman–Crippen MR) is 64.9 cm³/mol. The van der Waals surface area contributed by atoms with Crippen LogP contribution in [0.2, 0.25) is 5.02 Å². The number of hydrogen-bond donors (Lipinski definition) is 1. The fourth-order valence-corrected chi connectivity index (χ4v) is 1.78. The number of ether oxygens (including phenoxy) is 1. The summed E-state index contributed by atoms with van der Waals surface area (Å²) in [5.74, 6) is -1.05. The van der Waals surface area contributed by atoms with Gasteiger partial charge in [0.1, 0.15) is 5.82 Å². The van der Waals surface area contributed by atoms with Gasteiger partial charge in [-0.05, 0) is 25.1 Å². The lowest BCUT2D eigenvalue weighted by Gasteiger charge is -2.01. The van der Waals surface area contributed by atoms with Gasteiger partial charge in [0.25, 0.3) is 0 Å². The van der Waals surface area contributed by atoms with Gasteiger partial charge < -0.3 is 4.74 Å². The molecule has 94 valence electrons. The van der Waals surface area contributed by atoms with Crippen LogP contribution in [0.5, 0.6) is 0 Å². The van der Waals surface area contributed by atoms with Crippen LogP contribution in [0.4, 0.5) is 4.39 Å². The highest BCUT2D eigenvalue weighted by molar-refractivity contribution is 6.33. The lowest BCUT2D eigenvalue weighted by molar-refractivity contribution is 0.0519. The third-order valence-corrected chi connectivity index (χ3v) is 2.61. The molecule has 6 heteroatoms. The average Bonchev–Trinajstić information content (AvgIpc) is 2.78. The van der Waals surface area contributed by atoms with Crippen LogP contribution in [0.15, 0.2) is 24.3 Å². The number of nitrogens with zero attached hydrogens (tertiary/aromatic N) is 1. The van der Waals surface area contributed by atoms with Gasteiger partial charge in [0.15, 0.2) is 5.69 Å². The van der Waals surface area contributed by atoms with Gasteiger partial charge in [-0.2, -0.15) is 5.10 Å². The van der Waals surface area contributed by atoms with E-state index in [1.807, 2.05) is 0 Å². The topological polar surface area (TPSA) is 55.0 Å². The molecule has 0 fully saturated rings. The first-order chi connectivity index (χ1) is 8.63. The molecule has 0 unspecified atom stereocenters. The molecule has 1 aromatic heterocycles. The number of H-pyrrole nitrogens is 1. The quantitative estimate of drug-likeness (QED) is 0.871. The lowest BCUT2D eigenvalue weighted by atomic mass is 10.1. The first kappa shape index (κ1) is 12.6. The maximum Gasteiger partial charge on any atom is 0.358 e. The Hall–Kier alpha value is -1.88. The minimum absolute atomic E-state index is 0.0890. The van der Waals surface area contributed by atoms with E-state index in [1.165, 1.54) is 18.2 Å². The van der Waals surface area contributed by atoms with Crippen molar-refractivity contribution in [3.8, 4) is 11.3 Å². The molecule has 1 N–H and O–H groups in total. The van der Waals surface area contributed by atoms with Crippen LogP contribution in [0.3, 0.4) is 0 Å². The molecule has 4 nitrogen and oxygen atoms in total. The number of rotatable bonds is 3. The molecular weight excluding hydrogens is 259 g/mol. The van der Waals surface area contributed by atoms with Crippen molar-refractivity contribution in [2.24, 2.45) is 0 Å². The van der Waals surface area contributed by atoms with Gasteiger partial charge in [-0.25, -0.2) is 9.18 Å².